The van der Waals surface area contributed by atoms with Crippen LogP contribution in [-0.4, -0.2) is 98.2 Å². The van der Waals surface area contributed by atoms with Gasteiger partial charge >= 0.3 is 6.09 Å². The molecule has 1 saturated heterocycles. The Bertz CT molecular complexity index is 2100. The van der Waals surface area contributed by atoms with Gasteiger partial charge in [0.15, 0.2) is 12.6 Å². The topological polar surface area (TPSA) is 158 Å². The van der Waals surface area contributed by atoms with Gasteiger partial charge in [0.25, 0.3) is 0 Å². The van der Waals surface area contributed by atoms with Crippen LogP contribution in [0.15, 0.2) is 78.3 Å². The molecule has 3 aromatic carbocycles. The van der Waals surface area contributed by atoms with E-state index < -0.39 is 11.7 Å². The Hall–Kier alpha value is -5.48. The van der Waals surface area contributed by atoms with Gasteiger partial charge in [0, 0.05) is 70.8 Å². The number of methoxy groups -OCH3 is 1. The second-order valence-electron chi connectivity index (χ2n) is 15.2. The maximum Gasteiger partial charge on any atom is 0.407 e. The number of ether oxygens (including phenoxy) is 5. The standard InChI is InChI=1S/C44H56N8O6S/c1-31-41(59-29-48-31)33-13-14-34(27-47-43(53)58-44(2,3)4)37(25-33)46-17-8-22-55-23-24-56-35-15-11-32(12-16-35)28-51-18-20-52(21-19-51)39-26-38(49-50-42(39)45)36-9-6-7-10-40(36)57-30-54-5/h6-7,9-16,25-26,29,46H,8,17-24,27-28,30H2,1-5H3,(H2,45,50)(H,47,53). The van der Waals surface area contributed by atoms with Crippen LogP contribution in [-0.2, 0) is 27.3 Å². The van der Waals surface area contributed by atoms with Crippen molar-refractivity contribution in [2.24, 2.45) is 0 Å². The van der Waals surface area contributed by atoms with Gasteiger partial charge in [0.05, 0.1) is 34.1 Å². The van der Waals surface area contributed by atoms with Crippen molar-refractivity contribution in [2.45, 2.75) is 52.8 Å². The predicted octanol–water partition coefficient (Wildman–Crippen LogP) is 7.38. The molecule has 14 nitrogen and oxygen atoms in total. The van der Waals surface area contributed by atoms with Crippen LogP contribution in [0.1, 0.15) is 44.0 Å². The van der Waals surface area contributed by atoms with Crippen molar-refractivity contribution in [3.63, 3.8) is 0 Å². The Morgan fingerprint density at radius 1 is 0.932 bits per heavy atom. The predicted molar refractivity (Wildman–Crippen MR) is 233 cm³/mol. The first-order valence-electron chi connectivity index (χ1n) is 19.9. The number of nitrogen functional groups attached to an aromatic ring is 1. The van der Waals surface area contributed by atoms with Gasteiger partial charge in [-0.15, -0.1) is 21.5 Å². The lowest BCUT2D eigenvalue weighted by Gasteiger charge is -2.36. The third-order valence-electron chi connectivity index (χ3n) is 9.56. The van der Waals surface area contributed by atoms with E-state index in [4.69, 9.17) is 29.4 Å². The van der Waals surface area contributed by atoms with Crippen molar-refractivity contribution in [1.82, 2.24) is 25.4 Å². The van der Waals surface area contributed by atoms with E-state index in [1.807, 2.05) is 81.7 Å². The number of carbonyl (C=O) groups is 1. The molecule has 0 saturated carbocycles. The summed E-state index contributed by atoms with van der Waals surface area (Å²) in [5.41, 5.74) is 15.3. The summed E-state index contributed by atoms with van der Waals surface area (Å²) in [6.07, 6.45) is 0.358. The molecular weight excluding hydrogens is 769 g/mol. The molecule has 0 radical (unpaired) electrons. The Balaban J connectivity index is 0.897. The van der Waals surface area contributed by atoms with Gasteiger partial charge in [-0.3, -0.25) is 4.90 Å². The molecule has 4 N–H and O–H groups in total. The number of nitrogens with two attached hydrogens (primary N) is 1. The molecule has 0 atom stereocenters. The Labute approximate surface area is 351 Å². The molecule has 6 rings (SSSR count). The number of benzene rings is 3. The SMILES string of the molecule is COCOc1ccccc1-c1cc(N2CCN(Cc3ccc(OCCOCCCNc4cc(-c5scnc5C)ccc4CNC(=O)OC(C)(C)C)cc3)CC2)c(N)nn1. The molecular formula is C44H56N8O6S. The molecule has 1 fully saturated rings. The molecule has 0 aliphatic carbocycles. The Morgan fingerprint density at radius 2 is 1.73 bits per heavy atom. The normalized spacial score (nSPS) is 13.3. The highest BCUT2D eigenvalue weighted by Gasteiger charge is 2.22. The minimum Gasteiger partial charge on any atom is -0.491 e. The monoisotopic (exact) mass is 824 g/mol. The first-order chi connectivity index (χ1) is 28.6. The molecule has 314 valence electrons. The van der Waals surface area contributed by atoms with Crippen LogP contribution in [0.2, 0.25) is 0 Å². The molecule has 15 heteroatoms. The van der Waals surface area contributed by atoms with Gasteiger partial charge in [0.1, 0.15) is 23.7 Å². The molecule has 1 aliphatic heterocycles. The van der Waals surface area contributed by atoms with E-state index in [0.717, 1.165) is 83.5 Å². The fraction of sp³-hybridized carbons (Fsp3) is 0.409. The molecule has 1 amide bonds. The second-order valence-corrected chi connectivity index (χ2v) is 16.0. The van der Waals surface area contributed by atoms with Crippen molar-refractivity contribution in [1.29, 1.82) is 0 Å². The van der Waals surface area contributed by atoms with Crippen molar-refractivity contribution in [3.8, 4) is 33.2 Å². The molecule has 0 unspecified atom stereocenters. The van der Waals surface area contributed by atoms with E-state index in [0.29, 0.717) is 50.2 Å². The summed E-state index contributed by atoms with van der Waals surface area (Å²) in [5.74, 6) is 1.91. The lowest BCUT2D eigenvalue weighted by molar-refractivity contribution is 0.0513. The highest BCUT2D eigenvalue weighted by Crippen LogP contribution is 2.33. The van der Waals surface area contributed by atoms with Crippen molar-refractivity contribution >= 4 is 34.6 Å². The summed E-state index contributed by atoms with van der Waals surface area (Å²) < 4.78 is 28.1. The zero-order valence-corrected chi connectivity index (χ0v) is 35.5. The second kappa shape index (κ2) is 21.0. The molecule has 0 spiro atoms. The Morgan fingerprint density at radius 3 is 2.47 bits per heavy atom. The van der Waals surface area contributed by atoms with E-state index in [1.54, 1.807) is 18.4 Å². The summed E-state index contributed by atoms with van der Waals surface area (Å²) in [5, 5.41) is 15.1. The summed E-state index contributed by atoms with van der Waals surface area (Å²) in [6, 6.07) is 24.2. The zero-order chi connectivity index (χ0) is 41.6. The van der Waals surface area contributed by atoms with Gasteiger partial charge in [-0.1, -0.05) is 36.4 Å². The summed E-state index contributed by atoms with van der Waals surface area (Å²) in [7, 11) is 1.59. The van der Waals surface area contributed by atoms with Crippen LogP contribution in [0.3, 0.4) is 0 Å². The number of nitrogens with one attached hydrogen (secondary N) is 2. The summed E-state index contributed by atoms with van der Waals surface area (Å²) in [4.78, 5) is 22.6. The van der Waals surface area contributed by atoms with Gasteiger partial charge in [-0.05, 0) is 87.2 Å². The first-order valence-corrected chi connectivity index (χ1v) is 20.8. The average Bonchev–Trinajstić information content (AvgIpc) is 3.66. The molecule has 0 bridgehead atoms. The number of carbonyl (C=O) groups excluding carboxylic acids is 1. The van der Waals surface area contributed by atoms with Gasteiger partial charge in [-0.25, -0.2) is 9.78 Å². The third-order valence-corrected chi connectivity index (χ3v) is 10.5. The number of amides is 1. The van der Waals surface area contributed by atoms with Crippen LogP contribution >= 0.6 is 11.3 Å². The minimum absolute atomic E-state index is 0.146. The number of nitrogens with zero attached hydrogens (tertiary/aromatic N) is 5. The van der Waals surface area contributed by atoms with Crippen molar-refractivity contribution in [2.75, 3.05) is 82.4 Å². The number of anilines is 3. The maximum atomic E-state index is 12.3. The highest BCUT2D eigenvalue weighted by atomic mass is 32.1. The van der Waals surface area contributed by atoms with Crippen molar-refractivity contribution in [3.05, 3.63) is 95.1 Å². The van der Waals surface area contributed by atoms with E-state index >= 15 is 0 Å². The number of thiazole rings is 1. The number of alkyl carbamates (subject to hydrolysis) is 1. The fourth-order valence-electron chi connectivity index (χ4n) is 6.61. The number of para-hydroxylation sites is 1. The number of aromatic nitrogens is 3. The molecule has 1 aliphatic rings. The third kappa shape index (κ3) is 12.8. The maximum absolute atomic E-state index is 12.3. The summed E-state index contributed by atoms with van der Waals surface area (Å²) in [6.45, 7) is 14.6. The fourth-order valence-corrected chi connectivity index (χ4v) is 7.42. The van der Waals surface area contributed by atoms with Gasteiger partial charge < -0.3 is 45.0 Å². The first kappa shape index (κ1) is 43.1. The van der Waals surface area contributed by atoms with Crippen LogP contribution in [0.5, 0.6) is 11.5 Å². The average molecular weight is 825 g/mol. The molecule has 5 aromatic rings. The van der Waals surface area contributed by atoms with E-state index in [1.165, 1.54) is 5.56 Å². The number of piperazine rings is 1. The molecule has 2 aromatic heterocycles. The van der Waals surface area contributed by atoms with Crippen LogP contribution in [0.4, 0.5) is 22.0 Å². The molecule has 59 heavy (non-hydrogen) atoms. The van der Waals surface area contributed by atoms with Gasteiger partial charge in [0.2, 0.25) is 0 Å². The Kier molecular flexibility index (Phi) is 15.3. The largest absolute Gasteiger partial charge is 0.491 e. The number of rotatable bonds is 19. The number of hydrogen-bond acceptors (Lipinski definition) is 14. The minimum atomic E-state index is -0.563. The van der Waals surface area contributed by atoms with Crippen LogP contribution < -0.4 is 30.7 Å². The lowest BCUT2D eigenvalue weighted by atomic mass is 10.1. The number of aryl methyl sites for hydroxylation is 1. The number of hydrogen-bond donors (Lipinski definition) is 3. The van der Waals surface area contributed by atoms with E-state index in [2.05, 4.69) is 59.9 Å². The quantitative estimate of drug-likeness (QED) is 0.0560. The van der Waals surface area contributed by atoms with Crippen LogP contribution in [0.25, 0.3) is 21.7 Å². The van der Waals surface area contributed by atoms with Gasteiger partial charge in [-0.2, -0.15) is 0 Å². The van der Waals surface area contributed by atoms with Crippen molar-refractivity contribution < 1.29 is 28.5 Å². The smallest absolute Gasteiger partial charge is 0.407 e. The lowest BCUT2D eigenvalue weighted by Crippen LogP contribution is -2.46. The van der Waals surface area contributed by atoms with Crippen LogP contribution in [0, 0.1) is 6.92 Å². The molecule has 3 heterocycles. The van der Waals surface area contributed by atoms with E-state index in [9.17, 15) is 4.79 Å². The van der Waals surface area contributed by atoms with E-state index in [-0.39, 0.29) is 6.79 Å². The summed E-state index contributed by atoms with van der Waals surface area (Å²) >= 11 is 1.61. The highest BCUT2D eigenvalue weighted by molar-refractivity contribution is 7.13. The zero-order valence-electron chi connectivity index (χ0n) is 34.7.